The van der Waals surface area contributed by atoms with Gasteiger partial charge in [0.25, 0.3) is 5.91 Å². The summed E-state index contributed by atoms with van der Waals surface area (Å²) in [6, 6.07) is 2.28. The molecule has 3 rings (SSSR count). The lowest BCUT2D eigenvalue weighted by molar-refractivity contribution is -0.0126. The van der Waals surface area contributed by atoms with Crippen molar-refractivity contribution in [1.82, 2.24) is 10.2 Å². The second-order valence-corrected chi connectivity index (χ2v) is 6.31. The van der Waals surface area contributed by atoms with Gasteiger partial charge in [0.1, 0.15) is 11.6 Å². The van der Waals surface area contributed by atoms with Crippen molar-refractivity contribution in [2.75, 3.05) is 32.8 Å². The molecule has 126 valence electrons. The molecule has 0 spiro atoms. The van der Waals surface area contributed by atoms with Crippen molar-refractivity contribution in [3.63, 3.8) is 0 Å². The van der Waals surface area contributed by atoms with E-state index in [1.807, 2.05) is 6.92 Å². The largest absolute Gasteiger partial charge is 0.375 e. The van der Waals surface area contributed by atoms with Crippen LogP contribution in [0.4, 0.5) is 8.78 Å². The first-order valence-corrected chi connectivity index (χ1v) is 8.17. The Morgan fingerprint density at radius 1 is 1.26 bits per heavy atom. The Hall–Kier alpha value is -1.53. The maximum absolute atomic E-state index is 14.4. The second kappa shape index (κ2) is 6.93. The first-order valence-electron chi connectivity index (χ1n) is 8.17. The van der Waals surface area contributed by atoms with Crippen LogP contribution in [0.3, 0.4) is 0 Å². The first kappa shape index (κ1) is 16.3. The third kappa shape index (κ3) is 3.53. The smallest absolute Gasteiger partial charge is 0.257 e. The molecule has 0 saturated carbocycles. The molecule has 2 aliphatic rings. The highest BCUT2D eigenvalue weighted by Crippen LogP contribution is 2.29. The molecule has 1 aromatic carbocycles. The Kier molecular flexibility index (Phi) is 4.92. The average molecular weight is 324 g/mol. The number of nitrogens with one attached hydrogen (secondary N) is 1. The summed E-state index contributed by atoms with van der Waals surface area (Å²) in [6.07, 6.45) is 1.48. The fraction of sp³-hybridized carbons (Fsp3) is 0.588. The number of ether oxygens (including phenoxy) is 1. The van der Waals surface area contributed by atoms with Crippen LogP contribution in [0.15, 0.2) is 12.1 Å². The summed E-state index contributed by atoms with van der Waals surface area (Å²) in [6.45, 7) is 4.69. The number of benzene rings is 1. The normalized spacial score (nSPS) is 23.1. The van der Waals surface area contributed by atoms with E-state index >= 15 is 0 Å². The topological polar surface area (TPSA) is 41.6 Å². The van der Waals surface area contributed by atoms with Crippen molar-refractivity contribution in [3.8, 4) is 0 Å². The predicted octanol–water partition coefficient (Wildman–Crippen LogP) is 2.29. The van der Waals surface area contributed by atoms with Crippen LogP contribution in [-0.2, 0) is 4.74 Å². The SMILES string of the molecule is C[C@@H]1CN(C(=O)c2cc(F)c(C3CCNCC3)cc2F)CCO1. The summed E-state index contributed by atoms with van der Waals surface area (Å²) in [4.78, 5) is 14.0. The maximum atomic E-state index is 14.4. The summed E-state index contributed by atoms with van der Waals surface area (Å²) in [5.41, 5.74) is 0.199. The molecule has 2 fully saturated rings. The average Bonchev–Trinajstić information content (AvgIpc) is 2.57. The van der Waals surface area contributed by atoms with Crippen LogP contribution < -0.4 is 5.32 Å². The molecule has 1 amide bonds. The highest BCUT2D eigenvalue weighted by molar-refractivity contribution is 5.94. The number of hydrogen-bond acceptors (Lipinski definition) is 3. The third-order valence-corrected chi connectivity index (χ3v) is 4.62. The number of amides is 1. The van der Waals surface area contributed by atoms with Crippen molar-refractivity contribution >= 4 is 5.91 Å². The first-order chi connectivity index (χ1) is 11.1. The van der Waals surface area contributed by atoms with E-state index in [1.165, 1.54) is 11.0 Å². The molecule has 0 aromatic heterocycles. The van der Waals surface area contributed by atoms with E-state index in [0.717, 1.165) is 32.0 Å². The van der Waals surface area contributed by atoms with E-state index in [0.29, 0.717) is 25.3 Å². The minimum Gasteiger partial charge on any atom is -0.375 e. The van der Waals surface area contributed by atoms with Crippen LogP contribution in [0.1, 0.15) is 41.6 Å². The molecular formula is C17H22F2N2O2. The zero-order valence-corrected chi connectivity index (χ0v) is 13.3. The van der Waals surface area contributed by atoms with Gasteiger partial charge >= 0.3 is 0 Å². The summed E-state index contributed by atoms with van der Waals surface area (Å²) in [5.74, 6) is -1.57. The number of morpholine rings is 1. The van der Waals surface area contributed by atoms with Crippen molar-refractivity contribution in [1.29, 1.82) is 0 Å². The molecule has 2 aliphatic heterocycles. The van der Waals surface area contributed by atoms with Gasteiger partial charge in [-0.25, -0.2) is 8.78 Å². The third-order valence-electron chi connectivity index (χ3n) is 4.62. The number of piperidine rings is 1. The lowest BCUT2D eigenvalue weighted by atomic mass is 9.89. The molecule has 1 atom stereocenters. The zero-order chi connectivity index (χ0) is 16.4. The lowest BCUT2D eigenvalue weighted by Gasteiger charge is -2.31. The van der Waals surface area contributed by atoms with Crippen molar-refractivity contribution < 1.29 is 18.3 Å². The molecule has 0 radical (unpaired) electrons. The highest BCUT2D eigenvalue weighted by atomic mass is 19.1. The number of carbonyl (C=O) groups is 1. The monoisotopic (exact) mass is 324 g/mol. The fourth-order valence-electron chi connectivity index (χ4n) is 3.35. The molecule has 0 unspecified atom stereocenters. The molecule has 2 heterocycles. The van der Waals surface area contributed by atoms with Crippen molar-refractivity contribution in [2.24, 2.45) is 0 Å². The quantitative estimate of drug-likeness (QED) is 0.907. The number of carbonyl (C=O) groups excluding carboxylic acids is 1. The van der Waals surface area contributed by atoms with Gasteiger partial charge in [-0.15, -0.1) is 0 Å². The minimum absolute atomic E-state index is 0.0123. The van der Waals surface area contributed by atoms with Gasteiger partial charge in [-0.2, -0.15) is 0 Å². The van der Waals surface area contributed by atoms with Gasteiger partial charge in [-0.3, -0.25) is 4.79 Å². The van der Waals surface area contributed by atoms with Crippen molar-refractivity contribution in [2.45, 2.75) is 31.8 Å². The van der Waals surface area contributed by atoms with Gasteiger partial charge in [0.2, 0.25) is 0 Å². The molecule has 23 heavy (non-hydrogen) atoms. The van der Waals surface area contributed by atoms with Crippen LogP contribution in [-0.4, -0.2) is 49.7 Å². The summed E-state index contributed by atoms with van der Waals surface area (Å²) < 4.78 is 34.2. The number of rotatable bonds is 2. The van der Waals surface area contributed by atoms with Crippen LogP contribution in [0.25, 0.3) is 0 Å². The minimum atomic E-state index is -0.635. The maximum Gasteiger partial charge on any atom is 0.257 e. The molecule has 1 aromatic rings. The Bertz CT molecular complexity index is 588. The summed E-state index contributed by atoms with van der Waals surface area (Å²) >= 11 is 0. The Balaban J connectivity index is 1.82. The van der Waals surface area contributed by atoms with Gasteiger partial charge in [0.15, 0.2) is 0 Å². The number of nitrogens with zero attached hydrogens (tertiary/aromatic N) is 1. The van der Waals surface area contributed by atoms with E-state index in [2.05, 4.69) is 5.32 Å². The Labute approximate surface area is 134 Å². The zero-order valence-electron chi connectivity index (χ0n) is 13.3. The Morgan fingerprint density at radius 3 is 2.70 bits per heavy atom. The van der Waals surface area contributed by atoms with E-state index < -0.39 is 17.5 Å². The van der Waals surface area contributed by atoms with E-state index in [4.69, 9.17) is 4.74 Å². The van der Waals surface area contributed by atoms with Gasteiger partial charge < -0.3 is 15.0 Å². The number of hydrogen-bond donors (Lipinski definition) is 1. The standard InChI is InChI=1S/C17H22F2N2O2/c1-11-10-21(6-7-23-11)17(22)14-9-15(18)13(8-16(14)19)12-2-4-20-5-3-12/h8-9,11-12,20H,2-7,10H2,1H3/t11-/m1/s1. The van der Waals surface area contributed by atoms with E-state index in [9.17, 15) is 13.6 Å². The lowest BCUT2D eigenvalue weighted by Crippen LogP contribution is -2.44. The molecule has 2 saturated heterocycles. The summed E-state index contributed by atoms with van der Waals surface area (Å²) in [7, 11) is 0. The molecule has 6 heteroatoms. The predicted molar refractivity (Wildman–Crippen MR) is 82.5 cm³/mol. The van der Waals surface area contributed by atoms with Gasteiger partial charge in [-0.05, 0) is 56.5 Å². The van der Waals surface area contributed by atoms with Crippen LogP contribution >= 0.6 is 0 Å². The molecule has 0 aliphatic carbocycles. The number of halogens is 2. The molecule has 4 nitrogen and oxygen atoms in total. The molecule has 0 bridgehead atoms. The van der Waals surface area contributed by atoms with E-state index in [-0.39, 0.29) is 17.6 Å². The van der Waals surface area contributed by atoms with Crippen LogP contribution in [0.2, 0.25) is 0 Å². The van der Waals surface area contributed by atoms with Crippen LogP contribution in [0.5, 0.6) is 0 Å². The molecular weight excluding hydrogens is 302 g/mol. The van der Waals surface area contributed by atoms with Crippen LogP contribution in [0, 0.1) is 11.6 Å². The highest BCUT2D eigenvalue weighted by Gasteiger charge is 2.27. The Morgan fingerprint density at radius 2 is 2.00 bits per heavy atom. The summed E-state index contributed by atoms with van der Waals surface area (Å²) in [5, 5.41) is 3.21. The van der Waals surface area contributed by atoms with Gasteiger partial charge in [-0.1, -0.05) is 0 Å². The van der Waals surface area contributed by atoms with Crippen molar-refractivity contribution in [3.05, 3.63) is 34.9 Å². The fourth-order valence-corrected chi connectivity index (χ4v) is 3.35. The molecule has 1 N–H and O–H groups in total. The second-order valence-electron chi connectivity index (χ2n) is 6.31. The van der Waals surface area contributed by atoms with Gasteiger partial charge in [0, 0.05) is 13.1 Å². The van der Waals surface area contributed by atoms with Gasteiger partial charge in [0.05, 0.1) is 18.3 Å². The van der Waals surface area contributed by atoms with E-state index in [1.54, 1.807) is 0 Å².